The van der Waals surface area contributed by atoms with E-state index >= 15 is 0 Å². The van der Waals surface area contributed by atoms with Gasteiger partial charge in [-0.1, -0.05) is 0 Å². The Morgan fingerprint density at radius 3 is 2.75 bits per heavy atom. The summed E-state index contributed by atoms with van der Waals surface area (Å²) < 4.78 is 6.70. The zero-order chi connectivity index (χ0) is 14.3. The summed E-state index contributed by atoms with van der Waals surface area (Å²) in [6.45, 7) is 8.15. The summed E-state index contributed by atoms with van der Waals surface area (Å²) in [5, 5.41) is 5.58. The largest absolute Gasteiger partial charge is 0.466 e. The average Bonchev–Trinajstić information content (AvgIpc) is 2.94. The van der Waals surface area contributed by atoms with Crippen LogP contribution in [0, 0.1) is 20.8 Å². The van der Waals surface area contributed by atoms with Crippen LogP contribution in [0.3, 0.4) is 0 Å². The molecule has 0 aromatic carbocycles. The van der Waals surface area contributed by atoms with Crippen molar-refractivity contribution < 1.29 is 4.42 Å². The highest BCUT2D eigenvalue weighted by Crippen LogP contribution is 2.31. The highest BCUT2D eigenvalue weighted by atomic mass is 32.1. The Morgan fingerprint density at radius 2 is 2.05 bits per heavy atom. The molecule has 4 nitrogen and oxygen atoms in total. The molecule has 20 heavy (non-hydrogen) atoms. The van der Waals surface area contributed by atoms with Gasteiger partial charge in [0.25, 0.3) is 0 Å². The lowest BCUT2D eigenvalue weighted by Crippen LogP contribution is -2.08. The molecule has 104 valence electrons. The Labute approximate surface area is 121 Å². The van der Waals surface area contributed by atoms with Gasteiger partial charge in [-0.2, -0.15) is 0 Å². The van der Waals surface area contributed by atoms with Gasteiger partial charge in [0.2, 0.25) is 0 Å². The van der Waals surface area contributed by atoms with Crippen molar-refractivity contribution in [2.24, 2.45) is 0 Å². The monoisotopic (exact) mass is 287 g/mol. The molecule has 3 rings (SSSR count). The van der Waals surface area contributed by atoms with E-state index in [1.54, 1.807) is 17.7 Å². The van der Waals surface area contributed by atoms with E-state index in [9.17, 15) is 0 Å². The first-order chi connectivity index (χ1) is 9.56. The summed E-state index contributed by atoms with van der Waals surface area (Å²) in [5.41, 5.74) is 3.39. The molecule has 0 spiro atoms. The number of furan rings is 1. The third-order valence-corrected chi connectivity index (χ3v) is 4.52. The number of anilines is 1. The van der Waals surface area contributed by atoms with Crippen molar-refractivity contribution in [2.45, 2.75) is 33.7 Å². The molecule has 3 aromatic rings. The summed E-state index contributed by atoms with van der Waals surface area (Å²) in [6, 6.07) is 2.22. The van der Waals surface area contributed by atoms with Crippen molar-refractivity contribution in [3.05, 3.63) is 40.4 Å². The predicted octanol–water partition coefficient (Wildman–Crippen LogP) is 4.38. The van der Waals surface area contributed by atoms with E-state index in [1.807, 2.05) is 13.8 Å². The quantitative estimate of drug-likeness (QED) is 0.776. The maximum Gasteiger partial charge on any atom is 0.147 e. The van der Waals surface area contributed by atoms with Crippen molar-refractivity contribution in [3.63, 3.8) is 0 Å². The highest BCUT2D eigenvalue weighted by Gasteiger charge is 2.15. The molecule has 0 aliphatic rings. The zero-order valence-electron chi connectivity index (χ0n) is 12.0. The van der Waals surface area contributed by atoms with E-state index in [-0.39, 0.29) is 6.04 Å². The lowest BCUT2D eigenvalue weighted by atomic mass is 10.1. The molecular formula is C15H17N3OS. The fourth-order valence-electron chi connectivity index (χ4n) is 2.44. The van der Waals surface area contributed by atoms with Crippen LogP contribution in [0.4, 0.5) is 5.82 Å². The van der Waals surface area contributed by atoms with E-state index in [2.05, 4.69) is 40.6 Å². The molecule has 0 saturated carbocycles. The van der Waals surface area contributed by atoms with Gasteiger partial charge in [0.05, 0.1) is 16.3 Å². The van der Waals surface area contributed by atoms with Crippen LogP contribution in [0.2, 0.25) is 0 Å². The van der Waals surface area contributed by atoms with Crippen LogP contribution in [0.5, 0.6) is 0 Å². The molecule has 3 aromatic heterocycles. The molecule has 0 radical (unpaired) electrons. The first kappa shape index (κ1) is 13.1. The van der Waals surface area contributed by atoms with Crippen molar-refractivity contribution in [1.82, 2.24) is 9.97 Å². The van der Waals surface area contributed by atoms with E-state index in [1.165, 1.54) is 11.1 Å². The normalized spacial score (nSPS) is 12.8. The van der Waals surface area contributed by atoms with Crippen LogP contribution in [-0.4, -0.2) is 9.97 Å². The number of rotatable bonds is 3. The summed E-state index contributed by atoms with van der Waals surface area (Å²) >= 11 is 1.68. The summed E-state index contributed by atoms with van der Waals surface area (Å²) in [5.74, 6) is 2.78. The molecule has 3 heterocycles. The minimum absolute atomic E-state index is 0.146. The minimum Gasteiger partial charge on any atom is -0.466 e. The van der Waals surface area contributed by atoms with Crippen LogP contribution < -0.4 is 5.32 Å². The second kappa shape index (κ2) is 4.90. The molecule has 1 unspecified atom stereocenters. The SMILES string of the molecule is Cc1cc(C(C)Nc2ncnc3c(C)csc23)c(C)o1. The van der Waals surface area contributed by atoms with Gasteiger partial charge in [-0.25, -0.2) is 9.97 Å². The standard InChI is InChI=1S/C15H17N3OS/c1-8-6-20-14-13(8)16-7-17-15(14)18-10(3)12-5-9(2)19-11(12)4/h5-7,10H,1-4H3,(H,16,17,18). The van der Waals surface area contributed by atoms with Crippen molar-refractivity contribution in [1.29, 1.82) is 0 Å². The fourth-order valence-corrected chi connectivity index (χ4v) is 3.39. The van der Waals surface area contributed by atoms with E-state index in [0.29, 0.717) is 0 Å². The summed E-state index contributed by atoms with van der Waals surface area (Å²) in [4.78, 5) is 8.72. The minimum atomic E-state index is 0.146. The van der Waals surface area contributed by atoms with Crippen molar-refractivity contribution in [2.75, 3.05) is 5.32 Å². The molecule has 5 heteroatoms. The van der Waals surface area contributed by atoms with Crippen molar-refractivity contribution >= 4 is 27.4 Å². The number of thiophene rings is 1. The van der Waals surface area contributed by atoms with Crippen LogP contribution in [0.1, 0.15) is 35.6 Å². The number of aromatic nitrogens is 2. The second-order valence-electron chi connectivity index (χ2n) is 5.05. The van der Waals surface area contributed by atoms with Crippen LogP contribution in [0.15, 0.2) is 22.2 Å². The lowest BCUT2D eigenvalue weighted by molar-refractivity contribution is 0.500. The Kier molecular flexibility index (Phi) is 3.22. The number of hydrogen-bond acceptors (Lipinski definition) is 5. The van der Waals surface area contributed by atoms with E-state index in [0.717, 1.165) is 27.6 Å². The van der Waals surface area contributed by atoms with Gasteiger partial charge >= 0.3 is 0 Å². The smallest absolute Gasteiger partial charge is 0.147 e. The zero-order valence-corrected chi connectivity index (χ0v) is 12.8. The van der Waals surface area contributed by atoms with Gasteiger partial charge in [-0.3, -0.25) is 0 Å². The number of hydrogen-bond donors (Lipinski definition) is 1. The molecule has 0 bridgehead atoms. The Morgan fingerprint density at radius 1 is 1.25 bits per heavy atom. The van der Waals surface area contributed by atoms with E-state index in [4.69, 9.17) is 4.42 Å². The van der Waals surface area contributed by atoms with Gasteiger partial charge in [-0.05, 0) is 44.7 Å². The number of fused-ring (bicyclic) bond motifs is 1. The molecule has 0 amide bonds. The Hall–Kier alpha value is -1.88. The van der Waals surface area contributed by atoms with Gasteiger partial charge in [0.1, 0.15) is 23.7 Å². The van der Waals surface area contributed by atoms with E-state index < -0.39 is 0 Å². The first-order valence-corrected chi connectivity index (χ1v) is 7.46. The van der Waals surface area contributed by atoms with Crippen molar-refractivity contribution in [3.8, 4) is 0 Å². The molecule has 0 aliphatic heterocycles. The first-order valence-electron chi connectivity index (χ1n) is 6.58. The highest BCUT2D eigenvalue weighted by molar-refractivity contribution is 7.18. The predicted molar refractivity (Wildman–Crippen MR) is 82.4 cm³/mol. The molecule has 0 aliphatic carbocycles. The third kappa shape index (κ3) is 2.18. The fraction of sp³-hybridized carbons (Fsp3) is 0.333. The third-order valence-electron chi connectivity index (χ3n) is 3.43. The maximum absolute atomic E-state index is 5.59. The molecular weight excluding hydrogens is 270 g/mol. The van der Waals surface area contributed by atoms with Crippen LogP contribution in [0.25, 0.3) is 10.2 Å². The molecule has 0 fully saturated rings. The Bertz CT molecular complexity index is 760. The Balaban J connectivity index is 1.95. The van der Waals surface area contributed by atoms with Gasteiger partial charge < -0.3 is 9.73 Å². The topological polar surface area (TPSA) is 51.0 Å². The van der Waals surface area contributed by atoms with Gasteiger partial charge in [0, 0.05) is 5.56 Å². The molecule has 1 atom stereocenters. The number of nitrogens with one attached hydrogen (secondary N) is 1. The molecule has 1 N–H and O–H groups in total. The number of aryl methyl sites for hydroxylation is 3. The summed E-state index contributed by atoms with van der Waals surface area (Å²) in [6.07, 6.45) is 1.62. The maximum atomic E-state index is 5.59. The van der Waals surface area contributed by atoms with Crippen LogP contribution >= 0.6 is 11.3 Å². The second-order valence-corrected chi connectivity index (χ2v) is 5.93. The van der Waals surface area contributed by atoms with Gasteiger partial charge in [0.15, 0.2) is 0 Å². The molecule has 0 saturated heterocycles. The summed E-state index contributed by atoms with van der Waals surface area (Å²) in [7, 11) is 0. The number of nitrogens with zero attached hydrogens (tertiary/aromatic N) is 2. The lowest BCUT2D eigenvalue weighted by Gasteiger charge is -2.14. The van der Waals surface area contributed by atoms with Gasteiger partial charge in [-0.15, -0.1) is 11.3 Å². The average molecular weight is 287 g/mol. The van der Waals surface area contributed by atoms with Crippen LogP contribution in [-0.2, 0) is 0 Å².